The number of halogens is 1. The van der Waals surface area contributed by atoms with Crippen LogP contribution >= 0.6 is 0 Å². The summed E-state index contributed by atoms with van der Waals surface area (Å²) in [6.45, 7) is 2.09. The monoisotopic (exact) mass is 274 g/mol. The SMILES string of the molecule is CCCCCC(O)C#CC#CC(O)c1cccc(F)c1. The van der Waals surface area contributed by atoms with Crippen LogP contribution in [0.15, 0.2) is 24.3 Å². The Kier molecular flexibility index (Phi) is 7.43. The minimum atomic E-state index is -1.07. The fourth-order valence-corrected chi connectivity index (χ4v) is 1.64. The first-order valence-corrected chi connectivity index (χ1v) is 6.76. The van der Waals surface area contributed by atoms with E-state index in [0.29, 0.717) is 12.0 Å². The van der Waals surface area contributed by atoms with E-state index in [4.69, 9.17) is 0 Å². The van der Waals surface area contributed by atoms with Crippen LogP contribution in [0.2, 0.25) is 0 Å². The molecule has 2 N–H and O–H groups in total. The van der Waals surface area contributed by atoms with Gasteiger partial charge in [0.25, 0.3) is 0 Å². The molecule has 0 fully saturated rings. The van der Waals surface area contributed by atoms with Crippen molar-refractivity contribution in [1.29, 1.82) is 0 Å². The number of hydrogen-bond donors (Lipinski definition) is 2. The number of hydrogen-bond acceptors (Lipinski definition) is 2. The molecular formula is C17H19FO2. The summed E-state index contributed by atoms with van der Waals surface area (Å²) < 4.78 is 12.9. The molecular weight excluding hydrogens is 255 g/mol. The number of aliphatic hydroxyl groups excluding tert-OH is 2. The maximum atomic E-state index is 12.9. The van der Waals surface area contributed by atoms with Crippen LogP contribution in [0.25, 0.3) is 0 Å². The van der Waals surface area contributed by atoms with E-state index < -0.39 is 18.0 Å². The molecule has 0 aromatic heterocycles. The van der Waals surface area contributed by atoms with Crippen molar-refractivity contribution in [3.63, 3.8) is 0 Å². The number of unbranched alkanes of at least 4 members (excludes halogenated alkanes) is 2. The number of benzene rings is 1. The summed E-state index contributed by atoms with van der Waals surface area (Å²) in [7, 11) is 0. The zero-order valence-electron chi connectivity index (χ0n) is 11.6. The van der Waals surface area contributed by atoms with Gasteiger partial charge in [-0.05, 0) is 42.4 Å². The van der Waals surface area contributed by atoms with Crippen LogP contribution in [0.3, 0.4) is 0 Å². The van der Waals surface area contributed by atoms with Crippen molar-refractivity contribution >= 4 is 0 Å². The molecule has 0 bridgehead atoms. The average Bonchev–Trinajstić information content (AvgIpc) is 2.43. The highest BCUT2D eigenvalue weighted by Gasteiger charge is 2.03. The van der Waals surface area contributed by atoms with Gasteiger partial charge in [-0.1, -0.05) is 43.7 Å². The summed E-state index contributed by atoms with van der Waals surface area (Å²) in [5.41, 5.74) is 0.391. The van der Waals surface area contributed by atoms with Gasteiger partial charge in [0.1, 0.15) is 18.0 Å². The van der Waals surface area contributed by atoms with Gasteiger partial charge in [0, 0.05) is 0 Å². The molecule has 1 aromatic carbocycles. The molecule has 3 heteroatoms. The van der Waals surface area contributed by atoms with Crippen molar-refractivity contribution in [2.24, 2.45) is 0 Å². The number of rotatable bonds is 5. The maximum absolute atomic E-state index is 12.9. The first-order chi connectivity index (χ1) is 9.63. The second kappa shape index (κ2) is 9.15. The van der Waals surface area contributed by atoms with Crippen LogP contribution in [0.4, 0.5) is 4.39 Å². The summed E-state index contributed by atoms with van der Waals surface area (Å²) in [5.74, 6) is 9.69. The van der Waals surface area contributed by atoms with E-state index in [-0.39, 0.29) is 0 Å². The lowest BCUT2D eigenvalue weighted by molar-refractivity contribution is 0.217. The normalized spacial score (nSPS) is 12.6. The molecule has 1 rings (SSSR count). The topological polar surface area (TPSA) is 40.5 Å². The van der Waals surface area contributed by atoms with E-state index in [0.717, 1.165) is 19.3 Å². The first kappa shape index (κ1) is 16.2. The second-order valence-corrected chi connectivity index (χ2v) is 4.51. The predicted octanol–water partition coefficient (Wildman–Crippen LogP) is 2.81. The van der Waals surface area contributed by atoms with Gasteiger partial charge < -0.3 is 10.2 Å². The molecule has 0 aliphatic heterocycles. The zero-order valence-corrected chi connectivity index (χ0v) is 11.6. The molecule has 0 saturated heterocycles. The third kappa shape index (κ3) is 6.38. The molecule has 0 aliphatic carbocycles. The second-order valence-electron chi connectivity index (χ2n) is 4.51. The molecule has 2 nitrogen and oxygen atoms in total. The third-order valence-electron chi connectivity index (χ3n) is 2.76. The van der Waals surface area contributed by atoms with Crippen molar-refractivity contribution in [3.8, 4) is 23.7 Å². The van der Waals surface area contributed by atoms with Crippen molar-refractivity contribution in [2.45, 2.75) is 44.8 Å². The minimum Gasteiger partial charge on any atom is -0.380 e. The van der Waals surface area contributed by atoms with E-state index in [2.05, 4.69) is 30.6 Å². The Morgan fingerprint density at radius 3 is 2.60 bits per heavy atom. The Morgan fingerprint density at radius 1 is 1.15 bits per heavy atom. The molecule has 0 spiro atoms. The highest BCUT2D eigenvalue weighted by Crippen LogP contribution is 2.12. The first-order valence-electron chi connectivity index (χ1n) is 6.76. The Bertz CT molecular complexity index is 531. The van der Waals surface area contributed by atoms with Crippen molar-refractivity contribution < 1.29 is 14.6 Å². The lowest BCUT2D eigenvalue weighted by Crippen LogP contribution is -2.01. The van der Waals surface area contributed by atoms with Gasteiger partial charge in [-0.25, -0.2) is 4.39 Å². The summed E-state index contributed by atoms with van der Waals surface area (Å²) in [6, 6.07) is 5.64. The molecule has 0 amide bonds. The van der Waals surface area contributed by atoms with Crippen LogP contribution in [0, 0.1) is 29.5 Å². The summed E-state index contributed by atoms with van der Waals surface area (Å²) in [6.07, 6.45) is 1.99. The highest BCUT2D eigenvalue weighted by molar-refractivity contribution is 5.32. The molecule has 2 unspecified atom stereocenters. The van der Waals surface area contributed by atoms with E-state index in [9.17, 15) is 14.6 Å². The molecule has 2 atom stereocenters. The zero-order chi connectivity index (χ0) is 14.8. The molecule has 106 valence electrons. The molecule has 0 aliphatic rings. The summed E-state index contributed by atoms with van der Waals surface area (Å²) >= 11 is 0. The van der Waals surface area contributed by atoms with Gasteiger partial charge in [0.05, 0.1) is 0 Å². The van der Waals surface area contributed by atoms with E-state index >= 15 is 0 Å². The van der Waals surface area contributed by atoms with Gasteiger partial charge >= 0.3 is 0 Å². The lowest BCUT2D eigenvalue weighted by Gasteiger charge is -2.02. The van der Waals surface area contributed by atoms with Crippen LogP contribution in [-0.2, 0) is 0 Å². The van der Waals surface area contributed by atoms with Crippen LogP contribution in [-0.4, -0.2) is 16.3 Å². The van der Waals surface area contributed by atoms with E-state index in [1.54, 1.807) is 6.07 Å². The Labute approximate surface area is 119 Å². The summed E-state index contributed by atoms with van der Waals surface area (Å²) in [4.78, 5) is 0. The van der Waals surface area contributed by atoms with Gasteiger partial charge in [-0.3, -0.25) is 0 Å². The lowest BCUT2D eigenvalue weighted by atomic mass is 10.1. The van der Waals surface area contributed by atoms with Gasteiger partial charge in [-0.2, -0.15) is 0 Å². The maximum Gasteiger partial charge on any atom is 0.141 e. The number of aliphatic hydroxyl groups is 2. The molecule has 0 saturated carbocycles. The molecule has 0 radical (unpaired) electrons. The molecule has 1 aromatic rings. The van der Waals surface area contributed by atoms with Crippen molar-refractivity contribution in [1.82, 2.24) is 0 Å². The summed E-state index contributed by atoms with van der Waals surface area (Å²) in [5, 5.41) is 19.3. The molecule has 20 heavy (non-hydrogen) atoms. The van der Waals surface area contributed by atoms with Crippen molar-refractivity contribution in [2.75, 3.05) is 0 Å². The standard InChI is InChI=1S/C17H19FO2/c1-2-3-4-10-16(19)11-5-6-12-17(20)14-8-7-9-15(18)13-14/h7-9,13,16-17,19-20H,2-4,10H2,1H3. The van der Waals surface area contributed by atoms with E-state index in [1.165, 1.54) is 18.2 Å². The quantitative estimate of drug-likeness (QED) is 0.640. The average molecular weight is 274 g/mol. The Morgan fingerprint density at radius 2 is 1.90 bits per heavy atom. The largest absolute Gasteiger partial charge is 0.380 e. The van der Waals surface area contributed by atoms with Gasteiger partial charge in [0.2, 0.25) is 0 Å². The van der Waals surface area contributed by atoms with Crippen LogP contribution < -0.4 is 0 Å². The van der Waals surface area contributed by atoms with Gasteiger partial charge in [-0.15, -0.1) is 0 Å². The van der Waals surface area contributed by atoms with E-state index in [1.807, 2.05) is 0 Å². The Hall–Kier alpha value is -1.81. The molecule has 0 heterocycles. The van der Waals surface area contributed by atoms with Gasteiger partial charge in [0.15, 0.2) is 0 Å². The fraction of sp³-hybridized carbons (Fsp3) is 0.412. The predicted molar refractivity (Wildman–Crippen MR) is 77.1 cm³/mol. The van der Waals surface area contributed by atoms with Crippen molar-refractivity contribution in [3.05, 3.63) is 35.6 Å². The van der Waals surface area contributed by atoms with Crippen LogP contribution in [0.1, 0.15) is 44.3 Å². The highest BCUT2D eigenvalue weighted by atomic mass is 19.1. The van der Waals surface area contributed by atoms with Crippen LogP contribution in [0.5, 0.6) is 0 Å². The third-order valence-corrected chi connectivity index (χ3v) is 2.76. The minimum absolute atomic E-state index is 0.391. The fourth-order valence-electron chi connectivity index (χ4n) is 1.64. The Balaban J connectivity index is 2.50. The smallest absolute Gasteiger partial charge is 0.141 e.